The van der Waals surface area contributed by atoms with Crippen molar-refractivity contribution < 1.29 is 0 Å². The molecule has 2 rings (SSSR count). The average molecular weight is 239 g/mol. The quantitative estimate of drug-likeness (QED) is 0.575. The Bertz CT molecular complexity index is 181. The predicted molar refractivity (Wildman–Crippen MR) is 74.5 cm³/mol. The molecule has 0 aliphatic heterocycles. The van der Waals surface area contributed by atoms with Gasteiger partial charge in [-0.1, -0.05) is 54.7 Å². The molecule has 0 bridgehead atoms. The van der Waals surface area contributed by atoms with Crippen molar-refractivity contribution in [2.75, 3.05) is 0 Å². The maximum Gasteiger partial charge on any atom is -0.00314 e. The third kappa shape index (κ3) is 2.63. The van der Waals surface area contributed by atoms with Gasteiger partial charge in [0, 0.05) is 0 Å². The third-order valence-corrected chi connectivity index (χ3v) is 6.42. The van der Waals surface area contributed by atoms with Crippen molar-refractivity contribution in [3.05, 3.63) is 0 Å². The van der Waals surface area contributed by atoms with Gasteiger partial charge < -0.3 is 0 Å². The molecule has 1 radical (unpaired) electrons. The molecule has 0 nitrogen and oxygen atoms in total. The Labute approximate surface area is 104 Å². The van der Waals surface area contributed by atoms with Crippen LogP contribution in [0.2, 0.25) is 0 Å². The van der Waals surface area contributed by atoms with E-state index in [1.807, 2.05) is 0 Å². The van der Waals surface area contributed by atoms with Gasteiger partial charge in [0.2, 0.25) is 0 Å². The van der Waals surface area contributed by atoms with E-state index in [0.29, 0.717) is 5.16 Å². The van der Waals surface area contributed by atoms with Gasteiger partial charge in [-0.25, -0.2) is 0 Å². The van der Waals surface area contributed by atoms with Crippen molar-refractivity contribution in [2.45, 2.75) is 82.7 Å². The molecule has 0 N–H and O–H groups in total. The summed E-state index contributed by atoms with van der Waals surface area (Å²) in [6.07, 6.45) is 16.1. The van der Waals surface area contributed by atoms with Crippen LogP contribution in [0.4, 0.5) is 0 Å². The maximum absolute atomic E-state index is 4.27. The minimum atomic E-state index is 0.487. The second-order valence-corrected chi connectivity index (χ2v) is 6.99. The molecule has 0 amide bonds. The van der Waals surface area contributed by atoms with Crippen molar-refractivity contribution >= 4 is 9.24 Å². The molecule has 0 aromatic heterocycles. The van der Waals surface area contributed by atoms with Crippen LogP contribution in [0.25, 0.3) is 0 Å². The second-order valence-electron chi connectivity index (χ2n) is 6.06. The van der Waals surface area contributed by atoms with E-state index < -0.39 is 0 Å². The van der Waals surface area contributed by atoms with E-state index in [1.54, 1.807) is 0 Å². The van der Waals surface area contributed by atoms with Gasteiger partial charge in [-0.15, -0.1) is 0 Å². The molecule has 0 saturated heterocycles. The summed E-state index contributed by atoms with van der Waals surface area (Å²) in [5.74, 6) is 1.93. The Hall–Kier alpha value is 0.430. The average Bonchev–Trinajstić information content (AvgIpc) is 2.40. The van der Waals surface area contributed by atoms with E-state index in [4.69, 9.17) is 0 Å². The van der Waals surface area contributed by atoms with Crippen molar-refractivity contribution in [2.24, 2.45) is 11.8 Å². The van der Waals surface area contributed by atoms with Gasteiger partial charge in [0.05, 0.1) is 0 Å². The van der Waals surface area contributed by atoms with Crippen molar-refractivity contribution in [1.82, 2.24) is 0 Å². The molecule has 2 fully saturated rings. The van der Waals surface area contributed by atoms with Crippen LogP contribution in [0.5, 0.6) is 0 Å². The van der Waals surface area contributed by atoms with E-state index in [1.165, 1.54) is 70.6 Å². The molecular formula is C15H28P. The smallest absolute Gasteiger partial charge is 0.00314 e. The molecule has 0 aromatic rings. The first-order valence-electron chi connectivity index (χ1n) is 7.52. The van der Waals surface area contributed by atoms with Crippen LogP contribution in [-0.4, -0.2) is 5.16 Å². The molecule has 16 heavy (non-hydrogen) atoms. The fourth-order valence-electron chi connectivity index (χ4n) is 4.15. The predicted octanol–water partition coefficient (Wildman–Crippen LogP) is 5.44. The molecule has 2 aliphatic carbocycles. The minimum Gasteiger partial charge on any atom is -0.0918 e. The summed E-state index contributed by atoms with van der Waals surface area (Å²) in [4.78, 5) is 0. The van der Waals surface area contributed by atoms with E-state index in [0.717, 1.165) is 11.8 Å². The topological polar surface area (TPSA) is 0 Å². The van der Waals surface area contributed by atoms with E-state index in [-0.39, 0.29) is 0 Å². The molecule has 1 heteroatoms. The van der Waals surface area contributed by atoms with Crippen molar-refractivity contribution in [3.63, 3.8) is 0 Å². The molecule has 93 valence electrons. The fourth-order valence-corrected chi connectivity index (χ4v) is 4.72. The monoisotopic (exact) mass is 239 g/mol. The van der Waals surface area contributed by atoms with Crippen LogP contribution >= 0.6 is 9.24 Å². The molecule has 0 unspecified atom stereocenters. The van der Waals surface area contributed by atoms with Gasteiger partial charge in [-0.05, 0) is 49.1 Å². The Morgan fingerprint density at radius 3 is 1.50 bits per heavy atom. The maximum atomic E-state index is 4.27. The molecule has 0 heterocycles. The standard InChI is InChI=1S/C15H28P/c1-2-15(16,13-9-5-3-6-10-13)14-11-7-4-8-12-14/h13-14,16H,2-12H2,1H3. The summed E-state index contributed by atoms with van der Waals surface area (Å²) in [7, 11) is 4.27. The van der Waals surface area contributed by atoms with Gasteiger partial charge >= 0.3 is 0 Å². The summed E-state index contributed by atoms with van der Waals surface area (Å²) in [5, 5.41) is 0.487. The zero-order valence-corrected chi connectivity index (χ0v) is 11.9. The highest BCUT2D eigenvalue weighted by molar-refractivity contribution is 7.19. The SMILES string of the molecule is CCC([PH])(C1CCCCC1)C1CCCCC1. The van der Waals surface area contributed by atoms with E-state index in [9.17, 15) is 0 Å². The van der Waals surface area contributed by atoms with Gasteiger partial charge in [0.15, 0.2) is 0 Å². The largest absolute Gasteiger partial charge is 0.0918 e. The zero-order valence-electron chi connectivity index (χ0n) is 10.9. The van der Waals surface area contributed by atoms with Crippen LogP contribution in [0.1, 0.15) is 77.6 Å². The highest BCUT2D eigenvalue weighted by atomic mass is 31.0. The molecule has 2 saturated carbocycles. The zero-order chi connectivity index (χ0) is 11.4. The summed E-state index contributed by atoms with van der Waals surface area (Å²) >= 11 is 0. The van der Waals surface area contributed by atoms with Crippen molar-refractivity contribution in [3.8, 4) is 0 Å². The van der Waals surface area contributed by atoms with Crippen LogP contribution < -0.4 is 0 Å². The lowest BCUT2D eigenvalue weighted by atomic mass is 9.68. The number of hydrogen-bond donors (Lipinski definition) is 0. The molecule has 2 aliphatic rings. The first-order chi connectivity index (χ1) is 7.77. The Morgan fingerprint density at radius 1 is 0.812 bits per heavy atom. The minimum absolute atomic E-state index is 0.487. The normalized spacial score (nSPS) is 25.9. The van der Waals surface area contributed by atoms with Gasteiger partial charge in [0.1, 0.15) is 0 Å². The second kappa shape index (κ2) is 5.85. The Balaban J connectivity index is 2.03. The molecule has 0 spiro atoms. The third-order valence-electron chi connectivity index (χ3n) is 5.25. The van der Waals surface area contributed by atoms with Gasteiger partial charge in [-0.2, -0.15) is 0 Å². The van der Waals surface area contributed by atoms with Crippen LogP contribution in [0, 0.1) is 11.8 Å². The van der Waals surface area contributed by atoms with Crippen LogP contribution in [-0.2, 0) is 0 Å². The highest BCUT2D eigenvalue weighted by Crippen LogP contribution is 2.50. The Kier molecular flexibility index (Phi) is 4.71. The number of hydrogen-bond acceptors (Lipinski definition) is 0. The summed E-state index contributed by atoms with van der Waals surface area (Å²) in [6.45, 7) is 2.40. The fraction of sp³-hybridized carbons (Fsp3) is 1.00. The highest BCUT2D eigenvalue weighted by Gasteiger charge is 2.40. The van der Waals surface area contributed by atoms with Crippen molar-refractivity contribution in [1.29, 1.82) is 0 Å². The molecular weight excluding hydrogens is 211 g/mol. The summed E-state index contributed by atoms with van der Waals surface area (Å²) in [5.41, 5.74) is 0. The summed E-state index contributed by atoms with van der Waals surface area (Å²) in [6, 6.07) is 0. The lowest BCUT2D eigenvalue weighted by Crippen LogP contribution is -2.40. The first kappa shape index (κ1) is 12.9. The molecule has 0 aromatic carbocycles. The van der Waals surface area contributed by atoms with E-state index >= 15 is 0 Å². The van der Waals surface area contributed by atoms with E-state index in [2.05, 4.69) is 16.2 Å². The first-order valence-corrected chi connectivity index (χ1v) is 8.02. The lowest BCUT2D eigenvalue weighted by molar-refractivity contribution is 0.170. The van der Waals surface area contributed by atoms with Crippen LogP contribution in [0.3, 0.4) is 0 Å². The number of rotatable bonds is 3. The van der Waals surface area contributed by atoms with Crippen LogP contribution in [0.15, 0.2) is 0 Å². The van der Waals surface area contributed by atoms with Gasteiger partial charge in [0.25, 0.3) is 0 Å². The molecule has 0 atom stereocenters. The lowest BCUT2D eigenvalue weighted by Gasteiger charge is -2.46. The summed E-state index contributed by atoms with van der Waals surface area (Å²) < 4.78 is 0. The van der Waals surface area contributed by atoms with Gasteiger partial charge in [-0.3, -0.25) is 0 Å². The Morgan fingerprint density at radius 2 is 1.19 bits per heavy atom.